The zero-order valence-electron chi connectivity index (χ0n) is 16.0. The van der Waals surface area contributed by atoms with E-state index in [0.717, 1.165) is 41.5 Å². The first-order valence-electron chi connectivity index (χ1n) is 10.5. The van der Waals surface area contributed by atoms with Crippen LogP contribution >= 0.6 is 11.6 Å². The standard InChI is InChI=1S/C24H27ClFNO/c25-23-12-21(26)5-4-18(23)14-28-22-3-1-2-15(11-22)13-27-24-19-7-16-6-17(9-19)10-20(24)8-16/h1-5,11-12,16-17,19-20,24,27H,6-10,13-14H2. The lowest BCUT2D eigenvalue weighted by Crippen LogP contribution is -2.54. The average molecular weight is 400 g/mol. The minimum atomic E-state index is -0.327. The van der Waals surface area contributed by atoms with Crippen molar-refractivity contribution in [1.29, 1.82) is 0 Å². The highest BCUT2D eigenvalue weighted by atomic mass is 35.5. The Morgan fingerprint density at radius 2 is 1.71 bits per heavy atom. The van der Waals surface area contributed by atoms with Gasteiger partial charge in [0.1, 0.15) is 18.2 Å². The molecule has 1 N–H and O–H groups in total. The lowest BCUT2D eigenvalue weighted by molar-refractivity contribution is -0.0142. The number of hydrogen-bond acceptors (Lipinski definition) is 2. The molecule has 0 radical (unpaired) electrons. The maximum Gasteiger partial charge on any atom is 0.124 e. The number of ether oxygens (including phenoxy) is 1. The second-order valence-electron chi connectivity index (χ2n) is 9.01. The molecular weight excluding hydrogens is 373 g/mol. The van der Waals surface area contributed by atoms with E-state index < -0.39 is 0 Å². The smallest absolute Gasteiger partial charge is 0.124 e. The molecule has 0 heterocycles. The van der Waals surface area contributed by atoms with Crippen LogP contribution in [-0.2, 0) is 13.2 Å². The molecular formula is C24H27ClFNO. The van der Waals surface area contributed by atoms with Crippen LogP contribution in [0.1, 0.15) is 43.2 Å². The van der Waals surface area contributed by atoms with Gasteiger partial charge in [0.05, 0.1) is 5.02 Å². The maximum atomic E-state index is 13.2. The van der Waals surface area contributed by atoms with Crippen molar-refractivity contribution in [3.8, 4) is 5.75 Å². The van der Waals surface area contributed by atoms with E-state index >= 15 is 0 Å². The summed E-state index contributed by atoms with van der Waals surface area (Å²) in [6.45, 7) is 1.23. The van der Waals surface area contributed by atoms with E-state index in [1.807, 2.05) is 12.1 Å². The second-order valence-corrected chi connectivity index (χ2v) is 9.42. The largest absolute Gasteiger partial charge is 0.489 e. The summed E-state index contributed by atoms with van der Waals surface area (Å²) < 4.78 is 19.1. The Morgan fingerprint density at radius 3 is 2.43 bits per heavy atom. The lowest BCUT2D eigenvalue weighted by atomic mass is 9.54. The van der Waals surface area contributed by atoms with E-state index in [0.29, 0.717) is 17.7 Å². The van der Waals surface area contributed by atoms with Crippen LogP contribution in [0.15, 0.2) is 42.5 Å². The van der Waals surface area contributed by atoms with Gasteiger partial charge in [0.25, 0.3) is 0 Å². The summed E-state index contributed by atoms with van der Waals surface area (Å²) in [6.07, 6.45) is 7.24. The molecule has 0 spiro atoms. The predicted octanol–water partition coefficient (Wildman–Crippen LogP) is 5.97. The van der Waals surface area contributed by atoms with E-state index in [-0.39, 0.29) is 5.82 Å². The van der Waals surface area contributed by atoms with Crippen LogP contribution in [0.3, 0.4) is 0 Å². The summed E-state index contributed by atoms with van der Waals surface area (Å²) in [5.74, 6) is 4.29. The first-order chi connectivity index (χ1) is 13.6. The Morgan fingerprint density at radius 1 is 0.964 bits per heavy atom. The topological polar surface area (TPSA) is 21.3 Å². The highest BCUT2D eigenvalue weighted by Crippen LogP contribution is 2.53. The number of benzene rings is 2. The van der Waals surface area contributed by atoms with Crippen LogP contribution in [0.2, 0.25) is 5.02 Å². The van der Waals surface area contributed by atoms with Gasteiger partial charge >= 0.3 is 0 Å². The van der Waals surface area contributed by atoms with Gasteiger partial charge in [-0.2, -0.15) is 0 Å². The summed E-state index contributed by atoms with van der Waals surface area (Å²) >= 11 is 6.09. The molecule has 0 atom stereocenters. The van der Waals surface area contributed by atoms with E-state index in [4.69, 9.17) is 16.3 Å². The average Bonchev–Trinajstić information content (AvgIpc) is 2.67. The van der Waals surface area contributed by atoms with E-state index in [1.54, 1.807) is 6.07 Å². The van der Waals surface area contributed by atoms with E-state index in [9.17, 15) is 4.39 Å². The van der Waals surface area contributed by atoms with Crippen LogP contribution in [-0.4, -0.2) is 6.04 Å². The van der Waals surface area contributed by atoms with Crippen LogP contribution in [0.25, 0.3) is 0 Å². The van der Waals surface area contributed by atoms with Crippen molar-refractivity contribution in [2.75, 3.05) is 0 Å². The number of rotatable bonds is 6. The van der Waals surface area contributed by atoms with Gasteiger partial charge in [0.15, 0.2) is 0 Å². The van der Waals surface area contributed by atoms with Gasteiger partial charge in [-0.3, -0.25) is 0 Å². The number of nitrogens with one attached hydrogen (secondary N) is 1. The minimum absolute atomic E-state index is 0.327. The summed E-state index contributed by atoms with van der Waals surface area (Å²) in [5, 5.41) is 4.28. The fourth-order valence-electron chi connectivity index (χ4n) is 6.04. The molecule has 6 rings (SSSR count). The molecule has 0 unspecified atom stereocenters. The number of hydrogen-bond donors (Lipinski definition) is 1. The summed E-state index contributed by atoms with van der Waals surface area (Å²) in [7, 11) is 0. The van der Waals surface area contributed by atoms with Crippen LogP contribution in [0.5, 0.6) is 5.75 Å². The fraction of sp³-hybridized carbons (Fsp3) is 0.500. The second kappa shape index (κ2) is 7.68. The van der Waals surface area contributed by atoms with Gasteiger partial charge < -0.3 is 10.1 Å². The minimum Gasteiger partial charge on any atom is -0.489 e. The predicted molar refractivity (Wildman–Crippen MR) is 110 cm³/mol. The Hall–Kier alpha value is -1.58. The summed E-state index contributed by atoms with van der Waals surface area (Å²) in [5.41, 5.74) is 2.04. The van der Waals surface area contributed by atoms with Gasteiger partial charge in [0, 0.05) is 18.2 Å². The molecule has 28 heavy (non-hydrogen) atoms. The molecule has 4 heteroatoms. The highest BCUT2D eigenvalue weighted by molar-refractivity contribution is 6.31. The summed E-state index contributed by atoms with van der Waals surface area (Å²) in [6, 6.07) is 13.4. The van der Waals surface area contributed by atoms with Gasteiger partial charge in [-0.1, -0.05) is 29.8 Å². The molecule has 4 aliphatic carbocycles. The van der Waals surface area contributed by atoms with Crippen LogP contribution < -0.4 is 10.1 Å². The third-order valence-corrected chi connectivity index (χ3v) is 7.43. The molecule has 148 valence electrons. The monoisotopic (exact) mass is 399 g/mol. The Kier molecular flexibility index (Phi) is 5.06. The molecule has 0 aliphatic heterocycles. The molecule has 2 aromatic carbocycles. The first kappa shape index (κ1) is 18.4. The summed E-state index contributed by atoms with van der Waals surface area (Å²) in [4.78, 5) is 0. The Labute approximate surface area is 171 Å². The molecule has 0 amide bonds. The molecule has 4 bridgehead atoms. The fourth-order valence-corrected chi connectivity index (χ4v) is 6.26. The van der Waals surface area contributed by atoms with Gasteiger partial charge in [-0.05, 0) is 85.6 Å². The highest BCUT2D eigenvalue weighted by Gasteiger charge is 2.47. The van der Waals surface area contributed by atoms with Crippen LogP contribution in [0, 0.1) is 29.5 Å². The zero-order chi connectivity index (χ0) is 19.1. The number of halogens is 2. The first-order valence-corrected chi connectivity index (χ1v) is 10.9. The molecule has 4 aliphatic rings. The molecule has 4 saturated carbocycles. The van der Waals surface area contributed by atoms with Crippen molar-refractivity contribution in [3.05, 3.63) is 64.4 Å². The molecule has 4 fully saturated rings. The van der Waals surface area contributed by atoms with Crippen molar-refractivity contribution in [3.63, 3.8) is 0 Å². The molecule has 2 nitrogen and oxygen atoms in total. The van der Waals surface area contributed by atoms with Crippen molar-refractivity contribution in [1.82, 2.24) is 5.32 Å². The van der Waals surface area contributed by atoms with Crippen molar-refractivity contribution < 1.29 is 9.13 Å². The van der Waals surface area contributed by atoms with Crippen molar-refractivity contribution in [2.45, 2.75) is 51.3 Å². The normalized spacial score (nSPS) is 30.6. The maximum absolute atomic E-state index is 13.2. The van der Waals surface area contributed by atoms with Gasteiger partial charge in [0.2, 0.25) is 0 Å². The third kappa shape index (κ3) is 3.79. The van der Waals surface area contributed by atoms with Gasteiger partial charge in [-0.15, -0.1) is 0 Å². The van der Waals surface area contributed by atoms with Gasteiger partial charge in [-0.25, -0.2) is 4.39 Å². The van der Waals surface area contributed by atoms with Crippen LogP contribution in [0.4, 0.5) is 4.39 Å². The molecule has 0 aromatic heterocycles. The quantitative estimate of drug-likeness (QED) is 0.645. The van der Waals surface area contributed by atoms with E-state index in [1.165, 1.54) is 49.8 Å². The van der Waals surface area contributed by atoms with E-state index in [2.05, 4.69) is 17.4 Å². The Bertz CT molecular complexity index is 826. The zero-order valence-corrected chi connectivity index (χ0v) is 16.8. The Balaban J connectivity index is 1.19. The molecule has 0 saturated heterocycles. The molecule has 2 aromatic rings. The van der Waals surface area contributed by atoms with Crippen molar-refractivity contribution in [2.24, 2.45) is 23.7 Å². The SMILES string of the molecule is Fc1ccc(COc2cccc(CNC3C4CC5CC(C4)CC3C5)c2)c(Cl)c1. The van der Waals surface area contributed by atoms with Crippen molar-refractivity contribution >= 4 is 11.6 Å². The third-order valence-electron chi connectivity index (χ3n) is 7.08. The lowest BCUT2D eigenvalue weighted by Gasteiger charge is -2.54.